The highest BCUT2D eigenvalue weighted by Gasteiger charge is 2.19. The first-order valence-electron chi connectivity index (χ1n) is 7.43. The van der Waals surface area contributed by atoms with E-state index >= 15 is 0 Å². The molecule has 0 bridgehead atoms. The van der Waals surface area contributed by atoms with Crippen molar-refractivity contribution in [3.8, 4) is 17.2 Å². The van der Waals surface area contributed by atoms with E-state index in [1.165, 1.54) is 12.1 Å². The van der Waals surface area contributed by atoms with E-state index in [2.05, 4.69) is 0 Å². The highest BCUT2D eigenvalue weighted by Crippen LogP contribution is 2.40. The predicted molar refractivity (Wildman–Crippen MR) is 94.8 cm³/mol. The topological polar surface area (TPSA) is 66.8 Å². The van der Waals surface area contributed by atoms with Crippen molar-refractivity contribution < 1.29 is 19.7 Å². The zero-order valence-corrected chi connectivity index (χ0v) is 15.0. The lowest BCUT2D eigenvalue weighted by Crippen LogP contribution is -2.07. The minimum absolute atomic E-state index is 0.123. The van der Waals surface area contributed by atoms with E-state index in [1.54, 1.807) is 25.1 Å². The maximum atomic E-state index is 11.1. The number of carboxylic acid groups (broad SMARTS) is 1. The Morgan fingerprint density at radius 2 is 1.67 bits per heavy atom. The number of aliphatic carboxylic acids is 1. The van der Waals surface area contributed by atoms with E-state index in [0.29, 0.717) is 11.3 Å². The number of ether oxygens (including phenoxy) is 1. The number of carboxylic acids is 1. The van der Waals surface area contributed by atoms with Gasteiger partial charge in [0.05, 0.1) is 16.0 Å². The summed E-state index contributed by atoms with van der Waals surface area (Å²) < 4.78 is 5.76. The number of aromatic hydroxyl groups is 1. The molecule has 0 aliphatic rings. The van der Waals surface area contributed by atoms with E-state index in [0.717, 1.165) is 5.56 Å². The number of hydrogen-bond donors (Lipinski definition) is 2. The lowest BCUT2D eigenvalue weighted by atomic mass is 10.0. The average Bonchev–Trinajstić information content (AvgIpc) is 2.51. The monoisotopic (exact) mass is 368 g/mol. The van der Waals surface area contributed by atoms with Crippen LogP contribution >= 0.6 is 23.2 Å². The molecule has 1 unspecified atom stereocenters. The van der Waals surface area contributed by atoms with Crippen LogP contribution < -0.4 is 4.74 Å². The number of phenolic OH excluding ortho intramolecular Hbond substituents is 1. The zero-order valence-electron chi connectivity index (χ0n) is 13.5. The van der Waals surface area contributed by atoms with Gasteiger partial charge in [0.1, 0.15) is 11.5 Å². The number of benzene rings is 2. The lowest BCUT2D eigenvalue weighted by molar-refractivity contribution is -0.138. The summed E-state index contributed by atoms with van der Waals surface area (Å²) in [5, 5.41) is 19.4. The molecule has 1 atom stereocenters. The van der Waals surface area contributed by atoms with Gasteiger partial charge in [-0.25, -0.2) is 0 Å². The van der Waals surface area contributed by atoms with Crippen molar-refractivity contribution in [2.24, 2.45) is 0 Å². The summed E-state index contributed by atoms with van der Waals surface area (Å²) in [5.74, 6) is -0.635. The van der Waals surface area contributed by atoms with Gasteiger partial charge in [-0.1, -0.05) is 37.0 Å². The summed E-state index contributed by atoms with van der Waals surface area (Å²) in [5.41, 5.74) is 1.24. The van der Waals surface area contributed by atoms with E-state index in [9.17, 15) is 9.90 Å². The summed E-state index contributed by atoms with van der Waals surface area (Å²) in [6, 6.07) is 7.95. The first-order chi connectivity index (χ1) is 11.2. The Balaban J connectivity index is 2.37. The maximum Gasteiger partial charge on any atom is 0.310 e. The number of carbonyl (C=O) groups is 1. The summed E-state index contributed by atoms with van der Waals surface area (Å²) in [7, 11) is 0. The molecular formula is C18H18Cl2O4. The fourth-order valence-corrected chi connectivity index (χ4v) is 2.83. The molecule has 6 heteroatoms. The van der Waals surface area contributed by atoms with Crippen LogP contribution in [0.2, 0.25) is 10.0 Å². The number of halogens is 2. The Kier molecular flexibility index (Phi) is 5.62. The maximum absolute atomic E-state index is 11.1. The van der Waals surface area contributed by atoms with Gasteiger partial charge in [-0.05, 0) is 48.7 Å². The summed E-state index contributed by atoms with van der Waals surface area (Å²) in [6.07, 6.45) is 0. The van der Waals surface area contributed by atoms with E-state index in [-0.39, 0.29) is 27.5 Å². The molecule has 0 radical (unpaired) electrons. The van der Waals surface area contributed by atoms with Crippen LogP contribution in [0.15, 0.2) is 30.3 Å². The molecule has 128 valence electrons. The second kappa shape index (κ2) is 7.32. The van der Waals surface area contributed by atoms with Crippen LogP contribution in [0.5, 0.6) is 17.2 Å². The van der Waals surface area contributed by atoms with Crippen molar-refractivity contribution >= 4 is 29.2 Å². The molecule has 2 rings (SSSR count). The van der Waals surface area contributed by atoms with Crippen LogP contribution in [-0.4, -0.2) is 16.2 Å². The highest BCUT2D eigenvalue weighted by atomic mass is 35.5. The molecule has 2 aromatic rings. The van der Waals surface area contributed by atoms with Gasteiger partial charge < -0.3 is 14.9 Å². The fourth-order valence-electron chi connectivity index (χ4n) is 2.25. The van der Waals surface area contributed by atoms with Crippen LogP contribution in [0.3, 0.4) is 0 Å². The van der Waals surface area contributed by atoms with Gasteiger partial charge in [0.25, 0.3) is 0 Å². The summed E-state index contributed by atoms with van der Waals surface area (Å²) >= 11 is 12.4. The molecule has 0 aromatic heterocycles. The molecule has 2 aromatic carbocycles. The normalized spacial score (nSPS) is 12.2. The van der Waals surface area contributed by atoms with Crippen molar-refractivity contribution in [3.05, 3.63) is 51.5 Å². The molecule has 0 saturated heterocycles. The first-order valence-corrected chi connectivity index (χ1v) is 8.18. The molecule has 24 heavy (non-hydrogen) atoms. The number of phenols is 1. The highest BCUT2D eigenvalue weighted by molar-refractivity contribution is 6.37. The third-order valence-corrected chi connectivity index (χ3v) is 4.29. The minimum Gasteiger partial charge on any atom is -0.508 e. The molecule has 4 nitrogen and oxygen atoms in total. The molecule has 0 aliphatic carbocycles. The molecule has 0 spiro atoms. The predicted octanol–water partition coefficient (Wildman–Crippen LogP) is 5.80. The third kappa shape index (κ3) is 3.94. The van der Waals surface area contributed by atoms with Gasteiger partial charge >= 0.3 is 5.97 Å². The van der Waals surface area contributed by atoms with Gasteiger partial charge in [-0.2, -0.15) is 0 Å². The number of hydrogen-bond acceptors (Lipinski definition) is 3. The Morgan fingerprint density at radius 3 is 2.17 bits per heavy atom. The molecule has 2 N–H and O–H groups in total. The Labute approximate surface area is 150 Å². The average molecular weight is 369 g/mol. The second-order valence-corrected chi connectivity index (χ2v) is 6.67. The molecule has 0 amide bonds. The second-order valence-electron chi connectivity index (χ2n) is 5.85. The van der Waals surface area contributed by atoms with Crippen LogP contribution in [0, 0.1) is 0 Å². The third-order valence-electron chi connectivity index (χ3n) is 3.73. The van der Waals surface area contributed by atoms with E-state index in [1.807, 2.05) is 13.8 Å². The van der Waals surface area contributed by atoms with Crippen LogP contribution in [-0.2, 0) is 4.79 Å². The molecule has 0 saturated carbocycles. The zero-order chi connectivity index (χ0) is 18.0. The molecular weight excluding hydrogens is 351 g/mol. The van der Waals surface area contributed by atoms with Gasteiger partial charge in [0.2, 0.25) is 0 Å². The van der Waals surface area contributed by atoms with Crippen molar-refractivity contribution in [3.63, 3.8) is 0 Å². The Bertz CT molecular complexity index is 749. The minimum atomic E-state index is -0.962. The van der Waals surface area contributed by atoms with Gasteiger partial charge in [0.15, 0.2) is 5.75 Å². The van der Waals surface area contributed by atoms with E-state index in [4.69, 9.17) is 33.0 Å². The van der Waals surface area contributed by atoms with Gasteiger partial charge in [-0.3, -0.25) is 4.79 Å². The van der Waals surface area contributed by atoms with Crippen molar-refractivity contribution in [2.75, 3.05) is 0 Å². The smallest absolute Gasteiger partial charge is 0.310 e. The standard InChI is InChI=1S/C18H18Cl2O4/c1-9(2)13-8-12(4-5-16(13)21)24-17-14(19)6-11(7-15(17)20)10(3)18(22)23/h4-10,21H,1-3H3,(H,22,23). The summed E-state index contributed by atoms with van der Waals surface area (Å²) in [6.45, 7) is 5.47. The van der Waals surface area contributed by atoms with Crippen molar-refractivity contribution in [2.45, 2.75) is 32.6 Å². The Hall–Kier alpha value is -1.91. The molecule has 0 aliphatic heterocycles. The van der Waals surface area contributed by atoms with Crippen molar-refractivity contribution in [1.29, 1.82) is 0 Å². The van der Waals surface area contributed by atoms with Gasteiger partial charge in [-0.15, -0.1) is 0 Å². The SMILES string of the molecule is CC(C)c1cc(Oc2c(Cl)cc(C(C)C(=O)O)cc2Cl)ccc1O. The van der Waals surface area contributed by atoms with Crippen LogP contribution in [0.25, 0.3) is 0 Å². The van der Waals surface area contributed by atoms with Crippen LogP contribution in [0.1, 0.15) is 43.7 Å². The molecule has 0 heterocycles. The number of rotatable bonds is 5. The summed E-state index contributed by atoms with van der Waals surface area (Å²) in [4.78, 5) is 11.1. The fraction of sp³-hybridized carbons (Fsp3) is 0.278. The van der Waals surface area contributed by atoms with Crippen LogP contribution in [0.4, 0.5) is 0 Å². The molecule has 0 fully saturated rings. The van der Waals surface area contributed by atoms with E-state index < -0.39 is 11.9 Å². The van der Waals surface area contributed by atoms with Gasteiger partial charge in [0, 0.05) is 5.56 Å². The first kappa shape index (κ1) is 18.4. The lowest BCUT2D eigenvalue weighted by Gasteiger charge is -2.15. The van der Waals surface area contributed by atoms with Crippen molar-refractivity contribution in [1.82, 2.24) is 0 Å². The Morgan fingerprint density at radius 1 is 1.08 bits per heavy atom. The largest absolute Gasteiger partial charge is 0.508 e. The quantitative estimate of drug-likeness (QED) is 0.699.